The van der Waals surface area contributed by atoms with Crippen LogP contribution in [0.25, 0.3) is 0 Å². The first-order chi connectivity index (χ1) is 9.06. The number of benzene rings is 1. The number of guanidine groups is 1. The Hall–Kier alpha value is -1.32. The van der Waals surface area contributed by atoms with Gasteiger partial charge in [-0.3, -0.25) is 4.99 Å². The monoisotopic (exact) mass is 401 g/mol. The average Bonchev–Trinajstić information content (AvgIpc) is 2.38. The van der Waals surface area contributed by atoms with Crippen molar-refractivity contribution in [3.05, 3.63) is 23.8 Å². The fourth-order valence-corrected chi connectivity index (χ4v) is 1.48. The zero-order chi connectivity index (χ0) is 14.3. The Labute approximate surface area is 133 Å². The number of nitrogens with one attached hydrogen (secondary N) is 1. The van der Waals surface area contributed by atoms with E-state index in [4.69, 9.17) is 10.5 Å². The lowest BCUT2D eigenvalue weighted by Crippen LogP contribution is -2.32. The third kappa shape index (κ3) is 6.22. The summed E-state index contributed by atoms with van der Waals surface area (Å²) in [6, 6.07) is 4.88. The molecular formula is C12H18F2IN3O2. The first-order valence-electron chi connectivity index (χ1n) is 5.64. The number of methoxy groups -OCH3 is 1. The summed E-state index contributed by atoms with van der Waals surface area (Å²) >= 11 is 0. The molecule has 0 atom stereocenters. The van der Waals surface area contributed by atoms with Gasteiger partial charge < -0.3 is 20.5 Å². The number of nitrogens with zero attached hydrogens (tertiary/aromatic N) is 1. The number of ether oxygens (including phenoxy) is 2. The highest BCUT2D eigenvalue weighted by Crippen LogP contribution is 2.29. The van der Waals surface area contributed by atoms with Gasteiger partial charge in [-0.25, -0.2) is 0 Å². The van der Waals surface area contributed by atoms with Crippen LogP contribution in [0.2, 0.25) is 0 Å². The maximum atomic E-state index is 12.2. The fourth-order valence-electron chi connectivity index (χ4n) is 1.48. The molecule has 0 aliphatic heterocycles. The highest BCUT2D eigenvalue weighted by Gasteiger charge is 2.11. The van der Waals surface area contributed by atoms with E-state index in [0.717, 1.165) is 5.56 Å². The Morgan fingerprint density at radius 2 is 2.10 bits per heavy atom. The van der Waals surface area contributed by atoms with E-state index in [2.05, 4.69) is 15.0 Å². The van der Waals surface area contributed by atoms with Gasteiger partial charge in [0.1, 0.15) is 0 Å². The standard InChI is InChI=1S/C12H17F2N3O2.HI/c1-16-12(15)17-6-5-8-3-4-9(18-2)10(7-8)19-11(13)14;/h3-4,7,11H,5-6H2,1-2H3,(H3,15,16,17);1H. The van der Waals surface area contributed by atoms with Gasteiger partial charge in [0.15, 0.2) is 17.5 Å². The van der Waals surface area contributed by atoms with Crippen LogP contribution in [0.3, 0.4) is 0 Å². The SMILES string of the molecule is CN=C(N)NCCc1ccc(OC)c(OC(F)F)c1.I. The van der Waals surface area contributed by atoms with Gasteiger partial charge in [0.05, 0.1) is 7.11 Å². The molecule has 0 aliphatic carbocycles. The molecule has 0 spiro atoms. The molecule has 0 amide bonds. The summed E-state index contributed by atoms with van der Waals surface area (Å²) in [6.07, 6.45) is 0.597. The van der Waals surface area contributed by atoms with E-state index < -0.39 is 6.61 Å². The summed E-state index contributed by atoms with van der Waals surface area (Å²) in [5, 5.41) is 2.88. The summed E-state index contributed by atoms with van der Waals surface area (Å²) in [4.78, 5) is 3.74. The molecule has 1 aromatic carbocycles. The van der Waals surface area contributed by atoms with Crippen molar-refractivity contribution in [3.8, 4) is 11.5 Å². The normalized spacial score (nSPS) is 10.9. The molecule has 0 bridgehead atoms. The number of hydrogen-bond acceptors (Lipinski definition) is 3. The molecule has 0 unspecified atom stereocenters. The van der Waals surface area contributed by atoms with Crippen molar-refractivity contribution in [2.75, 3.05) is 20.7 Å². The van der Waals surface area contributed by atoms with E-state index in [9.17, 15) is 8.78 Å². The minimum absolute atomic E-state index is 0. The van der Waals surface area contributed by atoms with Crippen molar-refractivity contribution in [3.63, 3.8) is 0 Å². The first kappa shape index (κ1) is 18.7. The second-order valence-electron chi connectivity index (χ2n) is 3.65. The number of alkyl halides is 2. The number of nitrogens with two attached hydrogens (primary N) is 1. The van der Waals surface area contributed by atoms with Crippen LogP contribution in [0.1, 0.15) is 5.56 Å². The minimum Gasteiger partial charge on any atom is -0.493 e. The highest BCUT2D eigenvalue weighted by molar-refractivity contribution is 14.0. The van der Waals surface area contributed by atoms with Crippen molar-refractivity contribution in [2.24, 2.45) is 10.7 Å². The minimum atomic E-state index is -2.88. The van der Waals surface area contributed by atoms with Gasteiger partial charge in [0, 0.05) is 13.6 Å². The van der Waals surface area contributed by atoms with Crippen LogP contribution in [0, 0.1) is 0 Å². The van der Waals surface area contributed by atoms with Crippen molar-refractivity contribution in [1.82, 2.24) is 5.32 Å². The molecule has 1 rings (SSSR count). The van der Waals surface area contributed by atoms with E-state index in [0.29, 0.717) is 18.9 Å². The Morgan fingerprint density at radius 1 is 1.40 bits per heavy atom. The molecule has 0 radical (unpaired) electrons. The third-order valence-corrected chi connectivity index (χ3v) is 2.40. The van der Waals surface area contributed by atoms with E-state index in [-0.39, 0.29) is 35.5 Å². The topological polar surface area (TPSA) is 68.9 Å². The van der Waals surface area contributed by atoms with Crippen LogP contribution in [-0.2, 0) is 6.42 Å². The fraction of sp³-hybridized carbons (Fsp3) is 0.417. The quantitative estimate of drug-likeness (QED) is 0.435. The van der Waals surface area contributed by atoms with Crippen LogP contribution < -0.4 is 20.5 Å². The summed E-state index contributed by atoms with van der Waals surface area (Å²) in [6.45, 7) is -2.34. The van der Waals surface area contributed by atoms with Crippen LogP contribution in [-0.4, -0.2) is 33.3 Å². The summed E-state index contributed by atoms with van der Waals surface area (Å²) in [7, 11) is 2.97. The van der Waals surface area contributed by atoms with Gasteiger partial charge in [-0.2, -0.15) is 8.78 Å². The molecule has 0 aromatic heterocycles. The predicted octanol–water partition coefficient (Wildman–Crippen LogP) is 1.99. The Bertz CT molecular complexity index is 445. The van der Waals surface area contributed by atoms with Gasteiger partial charge in [-0.15, -0.1) is 24.0 Å². The average molecular weight is 401 g/mol. The lowest BCUT2D eigenvalue weighted by Gasteiger charge is -2.12. The third-order valence-electron chi connectivity index (χ3n) is 2.40. The number of aliphatic imine (C=N–C) groups is 1. The van der Waals surface area contributed by atoms with Gasteiger partial charge in [0.2, 0.25) is 0 Å². The van der Waals surface area contributed by atoms with Crippen LogP contribution in [0.5, 0.6) is 11.5 Å². The molecule has 20 heavy (non-hydrogen) atoms. The lowest BCUT2D eigenvalue weighted by atomic mass is 10.1. The number of rotatable bonds is 6. The maximum absolute atomic E-state index is 12.2. The molecule has 1 aromatic rings. The van der Waals surface area contributed by atoms with Gasteiger partial charge >= 0.3 is 6.61 Å². The zero-order valence-electron chi connectivity index (χ0n) is 11.2. The van der Waals surface area contributed by atoms with Gasteiger partial charge in [0.25, 0.3) is 0 Å². The van der Waals surface area contributed by atoms with E-state index in [1.165, 1.54) is 13.2 Å². The van der Waals surface area contributed by atoms with Gasteiger partial charge in [-0.05, 0) is 24.1 Å². The first-order valence-corrected chi connectivity index (χ1v) is 5.64. The van der Waals surface area contributed by atoms with E-state index >= 15 is 0 Å². The summed E-state index contributed by atoms with van der Waals surface area (Å²) in [5.41, 5.74) is 6.30. The number of hydrogen-bond donors (Lipinski definition) is 2. The molecule has 5 nitrogen and oxygen atoms in total. The second-order valence-corrected chi connectivity index (χ2v) is 3.65. The smallest absolute Gasteiger partial charge is 0.387 e. The van der Waals surface area contributed by atoms with E-state index in [1.54, 1.807) is 19.2 Å². The summed E-state index contributed by atoms with van der Waals surface area (Å²) < 4.78 is 33.8. The molecule has 0 heterocycles. The zero-order valence-corrected chi connectivity index (χ0v) is 13.6. The van der Waals surface area contributed by atoms with Gasteiger partial charge in [-0.1, -0.05) is 6.07 Å². The Morgan fingerprint density at radius 3 is 2.65 bits per heavy atom. The maximum Gasteiger partial charge on any atom is 0.387 e. The molecule has 0 fully saturated rings. The van der Waals surface area contributed by atoms with Crippen LogP contribution in [0.15, 0.2) is 23.2 Å². The van der Waals surface area contributed by atoms with Crippen molar-refractivity contribution in [1.29, 1.82) is 0 Å². The lowest BCUT2D eigenvalue weighted by molar-refractivity contribution is -0.0512. The van der Waals surface area contributed by atoms with Crippen molar-refractivity contribution >= 4 is 29.9 Å². The molecule has 0 saturated heterocycles. The Kier molecular flexibility index (Phi) is 8.93. The molecular weight excluding hydrogens is 383 g/mol. The number of halogens is 3. The summed E-state index contributed by atoms with van der Waals surface area (Å²) in [5.74, 6) is 0.622. The molecule has 0 saturated carbocycles. The second kappa shape index (κ2) is 9.56. The van der Waals surface area contributed by atoms with E-state index in [1.807, 2.05) is 0 Å². The largest absolute Gasteiger partial charge is 0.493 e. The Balaban J connectivity index is 0.00000361. The highest BCUT2D eigenvalue weighted by atomic mass is 127. The van der Waals surface area contributed by atoms with Crippen LogP contribution in [0.4, 0.5) is 8.78 Å². The predicted molar refractivity (Wildman–Crippen MR) is 84.3 cm³/mol. The molecule has 8 heteroatoms. The van der Waals surface area contributed by atoms with Crippen molar-refractivity contribution < 1.29 is 18.3 Å². The molecule has 0 aliphatic rings. The molecule has 3 N–H and O–H groups in total. The molecule has 114 valence electrons. The van der Waals surface area contributed by atoms with Crippen molar-refractivity contribution in [2.45, 2.75) is 13.0 Å². The van der Waals surface area contributed by atoms with Crippen LogP contribution >= 0.6 is 24.0 Å².